The molecule has 29 heavy (non-hydrogen) atoms. The molecule has 0 radical (unpaired) electrons. The maximum Gasteiger partial charge on any atom is 0.254 e. The summed E-state index contributed by atoms with van der Waals surface area (Å²) in [6.07, 6.45) is 0.947. The Balaban J connectivity index is 1.75. The Morgan fingerprint density at radius 3 is 2.66 bits per heavy atom. The number of nitrogens with zero attached hydrogens (tertiary/aromatic N) is 2. The van der Waals surface area contributed by atoms with Crippen molar-refractivity contribution in [2.24, 2.45) is 0 Å². The lowest BCUT2D eigenvalue weighted by molar-refractivity contribution is 0.0913. The van der Waals surface area contributed by atoms with Gasteiger partial charge < -0.3 is 15.2 Å². The molecular formula is C22H24FN3O3. The van der Waals surface area contributed by atoms with Crippen molar-refractivity contribution in [2.75, 3.05) is 13.7 Å². The van der Waals surface area contributed by atoms with E-state index in [9.17, 15) is 14.3 Å². The fourth-order valence-electron chi connectivity index (χ4n) is 3.16. The molecule has 1 heterocycles. The normalized spacial score (nSPS) is 11.9. The molecule has 0 spiro atoms. The van der Waals surface area contributed by atoms with E-state index in [1.165, 1.54) is 12.3 Å². The van der Waals surface area contributed by atoms with Gasteiger partial charge in [0.15, 0.2) is 0 Å². The number of aromatic nitrogens is 2. The van der Waals surface area contributed by atoms with Crippen molar-refractivity contribution >= 4 is 5.91 Å². The molecule has 0 aliphatic heterocycles. The average molecular weight is 397 g/mol. The van der Waals surface area contributed by atoms with Crippen LogP contribution >= 0.6 is 0 Å². The number of aliphatic hydroxyl groups excluding tert-OH is 1. The molecule has 1 atom stereocenters. The molecule has 0 fully saturated rings. The SMILES string of the molecule is CCc1c(C(=O)NCC(O)c2cc(C)ccc2F)cnn1-c1ccc(OC)cc1. The van der Waals surface area contributed by atoms with Crippen LogP contribution in [0.1, 0.15) is 40.2 Å². The van der Waals surface area contributed by atoms with Gasteiger partial charge in [-0.1, -0.05) is 24.6 Å². The molecule has 3 aromatic rings. The van der Waals surface area contributed by atoms with Gasteiger partial charge >= 0.3 is 0 Å². The van der Waals surface area contributed by atoms with Gasteiger partial charge in [0.2, 0.25) is 0 Å². The number of rotatable bonds is 7. The van der Waals surface area contributed by atoms with Gasteiger partial charge in [-0.25, -0.2) is 9.07 Å². The minimum absolute atomic E-state index is 0.101. The number of amides is 1. The van der Waals surface area contributed by atoms with Crippen molar-refractivity contribution in [1.82, 2.24) is 15.1 Å². The zero-order valence-electron chi connectivity index (χ0n) is 16.6. The van der Waals surface area contributed by atoms with Crippen LogP contribution in [0.5, 0.6) is 5.75 Å². The van der Waals surface area contributed by atoms with E-state index >= 15 is 0 Å². The summed E-state index contributed by atoms with van der Waals surface area (Å²) in [5.41, 5.74) is 2.96. The number of hydrogen-bond donors (Lipinski definition) is 2. The Labute approximate surface area is 168 Å². The number of methoxy groups -OCH3 is 1. The second-order valence-electron chi connectivity index (χ2n) is 6.72. The molecule has 1 unspecified atom stereocenters. The van der Waals surface area contributed by atoms with Crippen molar-refractivity contribution in [3.8, 4) is 11.4 Å². The Kier molecular flexibility index (Phi) is 6.29. The van der Waals surface area contributed by atoms with Crippen molar-refractivity contribution in [2.45, 2.75) is 26.4 Å². The van der Waals surface area contributed by atoms with Gasteiger partial charge in [-0.15, -0.1) is 0 Å². The van der Waals surface area contributed by atoms with E-state index in [2.05, 4.69) is 10.4 Å². The molecule has 7 heteroatoms. The predicted octanol–water partition coefficient (Wildman–Crippen LogP) is 3.35. The molecule has 1 amide bonds. The van der Waals surface area contributed by atoms with Gasteiger partial charge in [-0.2, -0.15) is 5.10 Å². The molecule has 6 nitrogen and oxygen atoms in total. The van der Waals surface area contributed by atoms with Gasteiger partial charge in [0.25, 0.3) is 5.91 Å². The van der Waals surface area contributed by atoms with Crippen LogP contribution in [-0.2, 0) is 6.42 Å². The highest BCUT2D eigenvalue weighted by Gasteiger charge is 2.19. The summed E-state index contributed by atoms with van der Waals surface area (Å²) < 4.78 is 20.8. The van der Waals surface area contributed by atoms with Crippen molar-refractivity contribution in [1.29, 1.82) is 0 Å². The number of ether oxygens (including phenoxy) is 1. The molecule has 0 bridgehead atoms. The highest BCUT2D eigenvalue weighted by molar-refractivity contribution is 5.95. The maximum atomic E-state index is 13.9. The Bertz CT molecular complexity index is 999. The van der Waals surface area contributed by atoms with Crippen molar-refractivity contribution < 1.29 is 19.0 Å². The second kappa shape index (κ2) is 8.87. The molecule has 0 saturated heterocycles. The average Bonchev–Trinajstić information content (AvgIpc) is 3.17. The number of nitrogens with one attached hydrogen (secondary N) is 1. The first-order chi connectivity index (χ1) is 13.9. The largest absolute Gasteiger partial charge is 0.497 e. The molecular weight excluding hydrogens is 373 g/mol. The summed E-state index contributed by atoms with van der Waals surface area (Å²) in [5.74, 6) is -0.137. The van der Waals surface area contributed by atoms with Gasteiger partial charge in [0, 0.05) is 12.1 Å². The summed E-state index contributed by atoms with van der Waals surface area (Å²) in [4.78, 5) is 12.7. The molecule has 3 rings (SSSR count). The highest BCUT2D eigenvalue weighted by Crippen LogP contribution is 2.20. The third-order valence-corrected chi connectivity index (χ3v) is 4.73. The Hall–Kier alpha value is -3.19. The van der Waals surface area contributed by atoms with Crippen LogP contribution in [0.15, 0.2) is 48.7 Å². The standard InChI is InChI=1S/C22H24FN3O3/c1-4-20-18(12-25-26(20)15-6-8-16(29-3)9-7-15)22(28)24-13-21(27)17-11-14(2)5-10-19(17)23/h5-12,21,27H,4,13H2,1-3H3,(H,24,28). The van der Waals surface area contributed by atoms with E-state index < -0.39 is 11.9 Å². The van der Waals surface area contributed by atoms with Gasteiger partial charge in [0.1, 0.15) is 11.6 Å². The van der Waals surface area contributed by atoms with E-state index in [0.717, 1.165) is 22.7 Å². The van der Waals surface area contributed by atoms with Crippen molar-refractivity contribution in [3.05, 3.63) is 76.9 Å². The number of hydrogen-bond acceptors (Lipinski definition) is 4. The number of aliphatic hydroxyl groups is 1. The summed E-state index contributed by atoms with van der Waals surface area (Å²) in [6, 6.07) is 11.9. The van der Waals surface area contributed by atoms with E-state index in [1.807, 2.05) is 38.1 Å². The lowest BCUT2D eigenvalue weighted by Gasteiger charge is -2.14. The molecule has 2 N–H and O–H groups in total. The second-order valence-corrected chi connectivity index (χ2v) is 6.72. The number of carbonyl (C=O) groups is 1. The van der Waals surface area contributed by atoms with Crippen LogP contribution in [-0.4, -0.2) is 34.4 Å². The van der Waals surface area contributed by atoms with Crippen LogP contribution in [0.2, 0.25) is 0 Å². The smallest absolute Gasteiger partial charge is 0.254 e. The lowest BCUT2D eigenvalue weighted by Crippen LogP contribution is -2.29. The van der Waals surface area contributed by atoms with Gasteiger partial charge in [-0.3, -0.25) is 4.79 Å². The fraction of sp³-hybridized carbons (Fsp3) is 0.273. The third-order valence-electron chi connectivity index (χ3n) is 4.73. The first-order valence-corrected chi connectivity index (χ1v) is 9.38. The fourth-order valence-corrected chi connectivity index (χ4v) is 3.16. The minimum atomic E-state index is -1.14. The monoisotopic (exact) mass is 397 g/mol. The van der Waals surface area contributed by atoms with Crippen LogP contribution in [0.25, 0.3) is 5.69 Å². The quantitative estimate of drug-likeness (QED) is 0.641. The third kappa shape index (κ3) is 4.46. The summed E-state index contributed by atoms with van der Waals surface area (Å²) in [6.45, 7) is 3.65. The maximum absolute atomic E-state index is 13.9. The minimum Gasteiger partial charge on any atom is -0.497 e. The Morgan fingerprint density at radius 2 is 2.00 bits per heavy atom. The van der Waals surface area contributed by atoms with Crippen LogP contribution in [0.4, 0.5) is 4.39 Å². The summed E-state index contributed by atoms with van der Waals surface area (Å²) in [5, 5.41) is 17.3. The van der Waals surface area contributed by atoms with Gasteiger partial charge in [0.05, 0.1) is 36.4 Å². The van der Waals surface area contributed by atoms with Gasteiger partial charge in [-0.05, 0) is 43.7 Å². The van der Waals surface area contributed by atoms with Crippen LogP contribution in [0.3, 0.4) is 0 Å². The number of carbonyl (C=O) groups excluding carboxylic acids is 1. The lowest BCUT2D eigenvalue weighted by atomic mass is 10.1. The van der Waals surface area contributed by atoms with Crippen LogP contribution < -0.4 is 10.1 Å². The predicted molar refractivity (Wildman–Crippen MR) is 108 cm³/mol. The van der Waals surface area contributed by atoms with Crippen molar-refractivity contribution in [3.63, 3.8) is 0 Å². The molecule has 2 aromatic carbocycles. The molecule has 0 aliphatic rings. The number of benzene rings is 2. The zero-order chi connectivity index (χ0) is 21.0. The van der Waals surface area contributed by atoms with E-state index in [4.69, 9.17) is 4.74 Å². The topological polar surface area (TPSA) is 76.4 Å². The number of aryl methyl sites for hydroxylation is 1. The molecule has 0 aliphatic carbocycles. The molecule has 152 valence electrons. The van der Waals surface area contributed by atoms with E-state index in [-0.39, 0.29) is 18.0 Å². The summed E-state index contributed by atoms with van der Waals surface area (Å²) >= 11 is 0. The zero-order valence-corrected chi connectivity index (χ0v) is 16.6. The van der Waals surface area contributed by atoms with E-state index in [1.54, 1.807) is 23.9 Å². The first-order valence-electron chi connectivity index (χ1n) is 9.38. The van der Waals surface area contributed by atoms with E-state index in [0.29, 0.717) is 12.0 Å². The van der Waals surface area contributed by atoms with Crippen LogP contribution in [0, 0.1) is 12.7 Å². The summed E-state index contributed by atoms with van der Waals surface area (Å²) in [7, 11) is 1.60. The number of halogens is 1. The molecule has 0 saturated carbocycles. The first kappa shape index (κ1) is 20.5. The highest BCUT2D eigenvalue weighted by atomic mass is 19.1. The molecule has 1 aromatic heterocycles. The Morgan fingerprint density at radius 1 is 1.28 bits per heavy atom.